The lowest BCUT2D eigenvalue weighted by Crippen LogP contribution is -2.45. The summed E-state index contributed by atoms with van der Waals surface area (Å²) in [6.07, 6.45) is 1.69. The number of carbonyl (C=O) groups is 1. The van der Waals surface area contributed by atoms with Crippen LogP contribution in [0.2, 0.25) is 0 Å². The third-order valence-corrected chi connectivity index (χ3v) is 4.85. The molecule has 1 aromatic rings. The van der Waals surface area contributed by atoms with Gasteiger partial charge >= 0.3 is 6.09 Å². The quantitative estimate of drug-likeness (QED) is 0.630. The largest absolute Gasteiger partial charge is 0.444 e. The summed E-state index contributed by atoms with van der Waals surface area (Å²) in [4.78, 5) is 18.9. The molecule has 2 aliphatic rings. The number of aliphatic imine (C=N–C) groups is 1. The molecular weight excluding hydrogens is 340 g/mol. The maximum atomic E-state index is 12.0. The van der Waals surface area contributed by atoms with Crippen LogP contribution in [0.15, 0.2) is 35.3 Å². The van der Waals surface area contributed by atoms with E-state index in [2.05, 4.69) is 57.8 Å². The fraction of sp³-hybridized carbons (Fsp3) is 0.619. The van der Waals surface area contributed by atoms with Gasteiger partial charge in [-0.2, -0.15) is 0 Å². The molecule has 148 valence electrons. The number of guanidine groups is 1. The summed E-state index contributed by atoms with van der Waals surface area (Å²) in [5.41, 5.74) is 0.911. The zero-order valence-electron chi connectivity index (χ0n) is 16.9. The first-order chi connectivity index (χ1) is 12.9. The molecule has 1 saturated heterocycles. The minimum absolute atomic E-state index is 0.0906. The Balaban J connectivity index is 1.51. The van der Waals surface area contributed by atoms with Crippen molar-refractivity contribution in [2.45, 2.75) is 64.1 Å². The Morgan fingerprint density at radius 2 is 2.00 bits per heavy atom. The van der Waals surface area contributed by atoms with E-state index in [4.69, 9.17) is 4.74 Å². The molecular formula is C21H32N4O2. The summed E-state index contributed by atoms with van der Waals surface area (Å²) in [6.45, 7) is 10.1. The van der Waals surface area contributed by atoms with Crippen LogP contribution in [0.1, 0.15) is 52.0 Å². The fourth-order valence-corrected chi connectivity index (χ4v) is 3.52. The maximum absolute atomic E-state index is 12.0. The van der Waals surface area contributed by atoms with Gasteiger partial charge in [-0.15, -0.1) is 0 Å². The predicted molar refractivity (Wildman–Crippen MR) is 108 cm³/mol. The van der Waals surface area contributed by atoms with Crippen molar-refractivity contribution in [3.8, 4) is 0 Å². The molecule has 1 aromatic carbocycles. The number of ether oxygens (including phenoxy) is 1. The minimum Gasteiger partial charge on any atom is -0.444 e. The molecule has 1 amide bonds. The van der Waals surface area contributed by atoms with Gasteiger partial charge in [0, 0.05) is 31.6 Å². The summed E-state index contributed by atoms with van der Waals surface area (Å²) in [7, 11) is 0. The van der Waals surface area contributed by atoms with Crippen molar-refractivity contribution in [3.63, 3.8) is 0 Å². The van der Waals surface area contributed by atoms with Gasteiger partial charge in [-0.05, 0) is 46.1 Å². The highest BCUT2D eigenvalue weighted by Gasteiger charge is 2.40. The van der Waals surface area contributed by atoms with Crippen molar-refractivity contribution in [2.75, 3.05) is 19.6 Å². The molecule has 27 heavy (non-hydrogen) atoms. The van der Waals surface area contributed by atoms with Crippen molar-refractivity contribution in [3.05, 3.63) is 35.9 Å². The number of nitrogens with zero attached hydrogens (tertiary/aromatic N) is 2. The molecule has 0 bridgehead atoms. The lowest BCUT2D eigenvalue weighted by molar-refractivity contribution is 0.0507. The van der Waals surface area contributed by atoms with E-state index in [0.717, 1.165) is 38.4 Å². The normalized spacial score (nSPS) is 25.3. The van der Waals surface area contributed by atoms with Crippen molar-refractivity contribution >= 4 is 12.1 Å². The van der Waals surface area contributed by atoms with Gasteiger partial charge in [0.25, 0.3) is 0 Å². The van der Waals surface area contributed by atoms with Gasteiger partial charge in [0.1, 0.15) is 5.60 Å². The Morgan fingerprint density at radius 3 is 2.67 bits per heavy atom. The molecule has 3 rings (SSSR count). The lowest BCUT2D eigenvalue weighted by atomic mass is 10.1. The second-order valence-electron chi connectivity index (χ2n) is 8.38. The Morgan fingerprint density at radius 1 is 1.26 bits per heavy atom. The van der Waals surface area contributed by atoms with Crippen LogP contribution in [0.4, 0.5) is 4.79 Å². The first-order valence-corrected chi connectivity index (χ1v) is 9.96. The standard InChI is InChI=1S/C21H32N4O2/c1-5-22-19(24-18-13-17(18)15-9-7-6-8-10-15)25-12-11-16(14-25)23-20(26)27-21(2,3)4/h6-10,16-18H,5,11-14H2,1-4H3,(H,22,24)(H,23,26). The van der Waals surface area contributed by atoms with Crippen molar-refractivity contribution < 1.29 is 9.53 Å². The molecule has 6 nitrogen and oxygen atoms in total. The summed E-state index contributed by atoms with van der Waals surface area (Å²) in [6, 6.07) is 11.2. The van der Waals surface area contributed by atoms with Crippen LogP contribution in [-0.2, 0) is 4.74 Å². The molecule has 1 aliphatic carbocycles. The van der Waals surface area contributed by atoms with E-state index in [-0.39, 0.29) is 12.1 Å². The Labute approximate surface area is 162 Å². The molecule has 0 aromatic heterocycles. The molecule has 0 radical (unpaired) electrons. The zero-order valence-corrected chi connectivity index (χ0v) is 16.9. The van der Waals surface area contributed by atoms with Crippen molar-refractivity contribution in [1.29, 1.82) is 0 Å². The number of alkyl carbamates (subject to hydrolysis) is 1. The van der Waals surface area contributed by atoms with Gasteiger partial charge in [0.05, 0.1) is 6.04 Å². The van der Waals surface area contributed by atoms with Crippen LogP contribution in [0.3, 0.4) is 0 Å². The fourth-order valence-electron chi connectivity index (χ4n) is 3.52. The summed E-state index contributed by atoms with van der Waals surface area (Å²) >= 11 is 0. The minimum atomic E-state index is -0.475. The summed E-state index contributed by atoms with van der Waals surface area (Å²) in [5, 5.41) is 6.61. The van der Waals surface area contributed by atoms with Crippen LogP contribution in [0.25, 0.3) is 0 Å². The van der Waals surface area contributed by atoms with Gasteiger partial charge in [0.15, 0.2) is 5.96 Å². The van der Waals surface area contributed by atoms with Crippen LogP contribution in [0.5, 0.6) is 0 Å². The number of hydrogen-bond donors (Lipinski definition) is 2. The molecule has 2 fully saturated rings. The van der Waals surface area contributed by atoms with Crippen LogP contribution in [0, 0.1) is 0 Å². The predicted octanol–water partition coefficient (Wildman–Crippen LogP) is 3.11. The van der Waals surface area contributed by atoms with E-state index in [0.29, 0.717) is 12.0 Å². The zero-order chi connectivity index (χ0) is 19.4. The van der Waals surface area contributed by atoms with E-state index < -0.39 is 5.60 Å². The van der Waals surface area contributed by atoms with Crippen LogP contribution < -0.4 is 10.6 Å². The lowest BCUT2D eigenvalue weighted by Gasteiger charge is -2.24. The van der Waals surface area contributed by atoms with E-state index in [1.54, 1.807) is 0 Å². The first kappa shape index (κ1) is 19.5. The number of likely N-dealkylation sites (tertiary alicyclic amines) is 1. The molecule has 1 heterocycles. The molecule has 1 aliphatic heterocycles. The van der Waals surface area contributed by atoms with Gasteiger partial charge < -0.3 is 20.3 Å². The van der Waals surface area contributed by atoms with E-state index in [9.17, 15) is 4.79 Å². The van der Waals surface area contributed by atoms with Gasteiger partial charge in [-0.1, -0.05) is 30.3 Å². The first-order valence-electron chi connectivity index (χ1n) is 9.96. The number of benzene rings is 1. The van der Waals surface area contributed by atoms with Gasteiger partial charge in [-0.3, -0.25) is 4.99 Å². The summed E-state index contributed by atoms with van der Waals surface area (Å²) < 4.78 is 5.37. The third-order valence-electron chi connectivity index (χ3n) is 4.85. The summed E-state index contributed by atoms with van der Waals surface area (Å²) in [5.74, 6) is 1.51. The van der Waals surface area contributed by atoms with Crippen molar-refractivity contribution in [2.24, 2.45) is 4.99 Å². The number of hydrogen-bond acceptors (Lipinski definition) is 3. The maximum Gasteiger partial charge on any atom is 0.407 e. The molecule has 3 unspecified atom stereocenters. The van der Waals surface area contributed by atoms with E-state index in [1.807, 2.05) is 20.8 Å². The van der Waals surface area contributed by atoms with Crippen molar-refractivity contribution in [1.82, 2.24) is 15.5 Å². The smallest absolute Gasteiger partial charge is 0.407 e. The Bertz CT molecular complexity index is 669. The average Bonchev–Trinajstić information content (AvgIpc) is 3.21. The Kier molecular flexibility index (Phi) is 5.92. The number of amides is 1. The number of nitrogens with one attached hydrogen (secondary N) is 2. The van der Waals surface area contributed by atoms with E-state index in [1.165, 1.54) is 5.56 Å². The molecule has 2 N–H and O–H groups in total. The topological polar surface area (TPSA) is 66.0 Å². The second-order valence-corrected chi connectivity index (χ2v) is 8.38. The number of carbonyl (C=O) groups excluding carboxylic acids is 1. The van der Waals surface area contributed by atoms with Crippen LogP contribution in [-0.4, -0.2) is 54.3 Å². The second kappa shape index (κ2) is 8.19. The highest BCUT2D eigenvalue weighted by atomic mass is 16.6. The third kappa shape index (κ3) is 5.62. The highest BCUT2D eigenvalue weighted by Crippen LogP contribution is 2.40. The Hall–Kier alpha value is -2.24. The highest BCUT2D eigenvalue weighted by molar-refractivity contribution is 5.81. The molecule has 6 heteroatoms. The average molecular weight is 373 g/mol. The molecule has 3 atom stereocenters. The monoisotopic (exact) mass is 372 g/mol. The molecule has 1 saturated carbocycles. The van der Waals surface area contributed by atoms with Gasteiger partial charge in [0.2, 0.25) is 0 Å². The van der Waals surface area contributed by atoms with E-state index >= 15 is 0 Å². The SMILES string of the molecule is CCN=C(NC1CC1c1ccccc1)N1CCC(NC(=O)OC(C)(C)C)C1. The molecule has 0 spiro atoms. The van der Waals surface area contributed by atoms with Gasteiger partial charge in [-0.25, -0.2) is 4.79 Å². The van der Waals surface area contributed by atoms with Crippen LogP contribution >= 0.6 is 0 Å². The number of rotatable bonds is 4.